The maximum Gasteiger partial charge on any atom is 0.323 e. The highest BCUT2D eigenvalue weighted by atomic mass is 19.1. The molecule has 6 nitrogen and oxygen atoms in total. The van der Waals surface area contributed by atoms with Gasteiger partial charge >= 0.3 is 5.97 Å². The molecule has 0 aliphatic carbocycles. The molecular weight excluding hydrogens is 341 g/mol. The van der Waals surface area contributed by atoms with Crippen molar-refractivity contribution in [1.29, 1.82) is 0 Å². The van der Waals surface area contributed by atoms with Crippen LogP contribution in [0.5, 0.6) is 11.5 Å². The largest absolute Gasteiger partial charge is 0.493 e. The summed E-state index contributed by atoms with van der Waals surface area (Å²) < 4.78 is 24.4. The van der Waals surface area contributed by atoms with E-state index in [1.165, 1.54) is 20.3 Å². The minimum Gasteiger partial charge on any atom is -0.493 e. The average Bonchev–Trinajstić information content (AvgIpc) is 2.64. The number of nitrogens with zero attached hydrogens (tertiary/aromatic N) is 1. The number of rotatable bonds is 8. The number of carbonyl (C=O) groups excluding carboxylic acids is 1. The van der Waals surface area contributed by atoms with E-state index in [0.29, 0.717) is 6.42 Å². The summed E-state index contributed by atoms with van der Waals surface area (Å²) in [5.41, 5.74) is 0.681. The Kier molecular flexibility index (Phi) is 6.54. The highest BCUT2D eigenvalue weighted by molar-refractivity contribution is 5.96. The first kappa shape index (κ1) is 19.2. The Morgan fingerprint density at radius 1 is 1.08 bits per heavy atom. The minimum atomic E-state index is -1.17. The highest BCUT2D eigenvalue weighted by Gasteiger charge is 2.23. The number of carbonyl (C=O) groups is 2. The molecule has 0 saturated carbocycles. The first-order valence-electron chi connectivity index (χ1n) is 7.92. The van der Waals surface area contributed by atoms with Crippen molar-refractivity contribution in [2.75, 3.05) is 27.3 Å². The lowest BCUT2D eigenvalue weighted by Crippen LogP contribution is -2.37. The highest BCUT2D eigenvalue weighted by Crippen LogP contribution is 2.30. The van der Waals surface area contributed by atoms with E-state index < -0.39 is 24.2 Å². The number of ether oxygens (including phenoxy) is 2. The number of benzene rings is 2. The van der Waals surface area contributed by atoms with Gasteiger partial charge in [-0.2, -0.15) is 0 Å². The third kappa shape index (κ3) is 4.72. The van der Waals surface area contributed by atoms with Gasteiger partial charge in [-0.25, -0.2) is 4.39 Å². The molecule has 1 amide bonds. The second-order valence-electron chi connectivity index (χ2n) is 5.54. The number of halogens is 1. The summed E-state index contributed by atoms with van der Waals surface area (Å²) in [6.07, 6.45) is 0.453. The summed E-state index contributed by atoms with van der Waals surface area (Å²) in [6.45, 7) is -0.387. The van der Waals surface area contributed by atoms with Gasteiger partial charge in [0.05, 0.1) is 19.8 Å². The molecule has 0 unspecified atom stereocenters. The van der Waals surface area contributed by atoms with Crippen LogP contribution in [0, 0.1) is 5.82 Å². The average molecular weight is 361 g/mol. The molecule has 0 aliphatic heterocycles. The van der Waals surface area contributed by atoms with Crippen molar-refractivity contribution in [3.63, 3.8) is 0 Å². The lowest BCUT2D eigenvalue weighted by Gasteiger charge is -2.22. The van der Waals surface area contributed by atoms with E-state index in [0.717, 1.165) is 16.5 Å². The van der Waals surface area contributed by atoms with E-state index in [-0.39, 0.29) is 23.6 Å². The number of methoxy groups -OCH3 is 2. The molecule has 2 aromatic carbocycles. The molecule has 7 heteroatoms. The van der Waals surface area contributed by atoms with Crippen molar-refractivity contribution in [3.8, 4) is 11.5 Å². The Hall–Kier alpha value is -3.09. The van der Waals surface area contributed by atoms with Gasteiger partial charge in [0, 0.05) is 12.6 Å². The van der Waals surface area contributed by atoms with Crippen molar-refractivity contribution in [3.05, 3.63) is 59.4 Å². The fourth-order valence-corrected chi connectivity index (χ4v) is 2.51. The van der Waals surface area contributed by atoms with Crippen LogP contribution in [0.25, 0.3) is 0 Å². The first-order chi connectivity index (χ1) is 12.5. The molecule has 0 heterocycles. The smallest absolute Gasteiger partial charge is 0.323 e. The molecule has 138 valence electrons. The van der Waals surface area contributed by atoms with E-state index in [4.69, 9.17) is 14.6 Å². The quantitative estimate of drug-likeness (QED) is 0.782. The van der Waals surface area contributed by atoms with Crippen LogP contribution >= 0.6 is 0 Å². The summed E-state index contributed by atoms with van der Waals surface area (Å²) in [4.78, 5) is 24.9. The van der Waals surface area contributed by atoms with Crippen molar-refractivity contribution < 1.29 is 28.6 Å². The molecule has 0 bridgehead atoms. The van der Waals surface area contributed by atoms with Gasteiger partial charge in [0.2, 0.25) is 0 Å². The van der Waals surface area contributed by atoms with Gasteiger partial charge in [-0.1, -0.05) is 30.3 Å². The standard InChI is InChI=1S/C19H20FNO5/c1-25-16-10-14(15(20)11-17(16)26-2)19(24)21(12-18(22)23)9-8-13-6-4-3-5-7-13/h3-7,10-11H,8-9,12H2,1-2H3,(H,22,23). The van der Waals surface area contributed by atoms with E-state index in [1.807, 2.05) is 30.3 Å². The molecule has 0 radical (unpaired) electrons. The molecule has 2 rings (SSSR count). The zero-order valence-corrected chi connectivity index (χ0v) is 14.6. The van der Waals surface area contributed by atoms with Crippen molar-refractivity contribution >= 4 is 11.9 Å². The van der Waals surface area contributed by atoms with Crippen LogP contribution < -0.4 is 9.47 Å². The molecule has 0 fully saturated rings. The lowest BCUT2D eigenvalue weighted by atomic mass is 10.1. The van der Waals surface area contributed by atoms with E-state index in [1.54, 1.807) is 0 Å². The first-order valence-corrected chi connectivity index (χ1v) is 7.92. The SMILES string of the molecule is COc1cc(F)c(C(=O)N(CCc2ccccc2)CC(=O)O)cc1OC. The molecular formula is C19H20FNO5. The van der Waals surface area contributed by atoms with Crippen LogP contribution in [0.1, 0.15) is 15.9 Å². The van der Waals surface area contributed by atoms with E-state index in [2.05, 4.69) is 0 Å². The molecule has 0 atom stereocenters. The predicted molar refractivity (Wildman–Crippen MR) is 93.2 cm³/mol. The maximum atomic E-state index is 14.3. The van der Waals surface area contributed by atoms with Crippen LogP contribution in [0.2, 0.25) is 0 Å². The molecule has 1 N–H and O–H groups in total. The third-order valence-corrected chi connectivity index (χ3v) is 3.83. The predicted octanol–water partition coefficient (Wildman–Crippen LogP) is 2.61. The number of hydrogen-bond donors (Lipinski definition) is 1. The van der Waals surface area contributed by atoms with Gasteiger partial charge < -0.3 is 19.5 Å². The number of hydrogen-bond acceptors (Lipinski definition) is 4. The van der Waals surface area contributed by atoms with Gasteiger partial charge in [-0.3, -0.25) is 9.59 Å². The summed E-state index contributed by atoms with van der Waals surface area (Å²) >= 11 is 0. The van der Waals surface area contributed by atoms with E-state index in [9.17, 15) is 14.0 Å². The lowest BCUT2D eigenvalue weighted by molar-refractivity contribution is -0.137. The van der Waals surface area contributed by atoms with E-state index >= 15 is 0 Å². The van der Waals surface area contributed by atoms with Gasteiger partial charge in [0.1, 0.15) is 12.4 Å². The Morgan fingerprint density at radius 2 is 1.69 bits per heavy atom. The summed E-state index contributed by atoms with van der Waals surface area (Å²) in [7, 11) is 2.73. The summed E-state index contributed by atoms with van der Waals surface area (Å²) in [6, 6.07) is 11.6. The van der Waals surface area contributed by atoms with Crippen LogP contribution in [-0.2, 0) is 11.2 Å². The van der Waals surface area contributed by atoms with Crippen molar-refractivity contribution in [2.45, 2.75) is 6.42 Å². The van der Waals surface area contributed by atoms with Crippen LogP contribution in [0.4, 0.5) is 4.39 Å². The zero-order chi connectivity index (χ0) is 19.1. The molecule has 26 heavy (non-hydrogen) atoms. The third-order valence-electron chi connectivity index (χ3n) is 3.83. The topological polar surface area (TPSA) is 76.1 Å². The maximum absolute atomic E-state index is 14.3. The van der Waals surface area contributed by atoms with Crippen molar-refractivity contribution in [1.82, 2.24) is 4.90 Å². The summed E-state index contributed by atoms with van der Waals surface area (Å²) in [5.74, 6) is -2.36. The molecule has 0 aliphatic rings. The molecule has 0 saturated heterocycles. The van der Waals surface area contributed by atoms with Gasteiger partial charge in [0.25, 0.3) is 5.91 Å². The molecule has 0 spiro atoms. The number of aliphatic carboxylic acids is 1. The number of carboxylic acid groups (broad SMARTS) is 1. The second kappa shape index (κ2) is 8.84. The second-order valence-corrected chi connectivity index (χ2v) is 5.54. The Balaban J connectivity index is 2.27. The molecule has 2 aromatic rings. The zero-order valence-electron chi connectivity index (χ0n) is 14.6. The summed E-state index contributed by atoms with van der Waals surface area (Å²) in [5, 5.41) is 9.10. The molecule has 0 aromatic heterocycles. The van der Waals surface area contributed by atoms with Crippen LogP contribution in [0.15, 0.2) is 42.5 Å². The van der Waals surface area contributed by atoms with Crippen LogP contribution in [0.3, 0.4) is 0 Å². The van der Waals surface area contributed by atoms with Gasteiger partial charge in [0.15, 0.2) is 11.5 Å². The fourth-order valence-electron chi connectivity index (χ4n) is 2.51. The number of amides is 1. The Labute approximate surface area is 150 Å². The Bertz CT molecular complexity index is 779. The van der Waals surface area contributed by atoms with Crippen molar-refractivity contribution in [2.24, 2.45) is 0 Å². The normalized spacial score (nSPS) is 10.3. The van der Waals surface area contributed by atoms with Gasteiger partial charge in [-0.05, 0) is 18.1 Å². The fraction of sp³-hybridized carbons (Fsp3) is 0.263. The Morgan fingerprint density at radius 3 is 2.27 bits per heavy atom. The minimum absolute atomic E-state index is 0.142. The van der Waals surface area contributed by atoms with Gasteiger partial charge in [-0.15, -0.1) is 0 Å². The number of carboxylic acids is 1. The monoisotopic (exact) mass is 361 g/mol. The van der Waals surface area contributed by atoms with Crippen LogP contribution in [-0.4, -0.2) is 49.2 Å².